The van der Waals surface area contributed by atoms with Crippen molar-refractivity contribution in [3.63, 3.8) is 0 Å². The first-order valence-corrected chi connectivity index (χ1v) is 13.1. The molecule has 0 unspecified atom stereocenters. The molecule has 0 spiro atoms. The van der Waals surface area contributed by atoms with Crippen molar-refractivity contribution in [2.75, 3.05) is 44.3 Å². The van der Waals surface area contributed by atoms with Crippen molar-refractivity contribution < 1.29 is 9.53 Å². The van der Waals surface area contributed by atoms with Crippen molar-refractivity contribution in [2.24, 2.45) is 0 Å². The van der Waals surface area contributed by atoms with Crippen molar-refractivity contribution >= 4 is 17.9 Å². The smallest absolute Gasteiger partial charge is 0.407 e. The van der Waals surface area contributed by atoms with E-state index in [2.05, 4.69) is 31.0 Å². The van der Waals surface area contributed by atoms with E-state index in [9.17, 15) is 4.79 Å². The summed E-state index contributed by atoms with van der Waals surface area (Å²) in [4.78, 5) is 14.0. The molecule has 0 heterocycles. The van der Waals surface area contributed by atoms with Crippen molar-refractivity contribution in [3.8, 4) is 0 Å². The molecule has 1 amide bonds. The van der Waals surface area contributed by atoms with Crippen molar-refractivity contribution in [1.29, 1.82) is 0 Å². The van der Waals surface area contributed by atoms with Gasteiger partial charge >= 0.3 is 6.09 Å². The van der Waals surface area contributed by atoms with Crippen LogP contribution in [0.25, 0.3) is 0 Å². The van der Waals surface area contributed by atoms with Crippen molar-refractivity contribution in [3.05, 3.63) is 0 Å². The second-order valence-corrected chi connectivity index (χ2v) is 8.82. The van der Waals surface area contributed by atoms with Gasteiger partial charge in [0.25, 0.3) is 0 Å². The van der Waals surface area contributed by atoms with Gasteiger partial charge in [-0.3, -0.25) is 0 Å². The minimum absolute atomic E-state index is 0.265. The number of carbonyl (C=O) groups excluding carboxylic acids is 1. The number of ether oxygens (including phenoxy) is 1. The van der Waals surface area contributed by atoms with Crippen LogP contribution in [-0.2, 0) is 4.74 Å². The van der Waals surface area contributed by atoms with Gasteiger partial charge in [-0.15, -0.1) is 0 Å². The van der Waals surface area contributed by atoms with Gasteiger partial charge in [-0.05, 0) is 50.4 Å². The van der Waals surface area contributed by atoms with Crippen molar-refractivity contribution in [1.82, 2.24) is 10.2 Å². The Morgan fingerprint density at radius 2 is 1.36 bits per heavy atom. The molecular formula is C23H48N2O2S. The summed E-state index contributed by atoms with van der Waals surface area (Å²) in [5.74, 6) is 2.33. The van der Waals surface area contributed by atoms with E-state index >= 15 is 0 Å². The summed E-state index contributed by atoms with van der Waals surface area (Å²) in [6.45, 7) is 11.0. The van der Waals surface area contributed by atoms with Crippen molar-refractivity contribution in [2.45, 2.75) is 97.8 Å². The van der Waals surface area contributed by atoms with E-state index in [0.717, 1.165) is 38.2 Å². The normalized spacial score (nSPS) is 11.1. The fourth-order valence-corrected chi connectivity index (χ4v) is 4.14. The molecule has 0 aliphatic rings. The number of hydrogen-bond donors (Lipinski definition) is 1. The number of thioether (sulfide) groups is 1. The first-order valence-electron chi connectivity index (χ1n) is 11.9. The Labute approximate surface area is 179 Å². The van der Waals surface area contributed by atoms with Crippen LogP contribution in [0.2, 0.25) is 0 Å². The van der Waals surface area contributed by atoms with Crippen LogP contribution in [0.3, 0.4) is 0 Å². The molecule has 0 bridgehead atoms. The maximum Gasteiger partial charge on any atom is 0.407 e. The Balaban J connectivity index is 3.19. The maximum atomic E-state index is 11.6. The van der Waals surface area contributed by atoms with Crippen LogP contribution in [0.5, 0.6) is 0 Å². The molecule has 0 aliphatic carbocycles. The highest BCUT2D eigenvalue weighted by Crippen LogP contribution is 2.12. The SMILES string of the molecule is CCCCCCCCCCCCSCCCOC(=O)NCCCN(CC)CC. The van der Waals surface area contributed by atoms with E-state index in [1.807, 2.05) is 11.8 Å². The van der Waals surface area contributed by atoms with Gasteiger partial charge in [0.15, 0.2) is 0 Å². The second-order valence-electron chi connectivity index (χ2n) is 7.59. The topological polar surface area (TPSA) is 41.6 Å². The summed E-state index contributed by atoms with van der Waals surface area (Å²) in [5, 5.41) is 2.84. The monoisotopic (exact) mass is 416 g/mol. The number of hydrogen-bond acceptors (Lipinski definition) is 4. The fourth-order valence-electron chi connectivity index (χ4n) is 3.20. The number of nitrogens with one attached hydrogen (secondary N) is 1. The van der Waals surface area contributed by atoms with Crippen LogP contribution in [-0.4, -0.2) is 55.3 Å². The lowest BCUT2D eigenvalue weighted by Crippen LogP contribution is -2.30. The average molecular weight is 417 g/mol. The van der Waals surface area contributed by atoms with E-state index in [1.165, 1.54) is 70.0 Å². The predicted molar refractivity (Wildman–Crippen MR) is 126 cm³/mol. The number of rotatable bonds is 21. The lowest BCUT2D eigenvalue weighted by Gasteiger charge is -2.17. The average Bonchev–Trinajstić information content (AvgIpc) is 2.71. The van der Waals surface area contributed by atoms with E-state index < -0.39 is 0 Å². The molecule has 4 nitrogen and oxygen atoms in total. The standard InChI is InChI=1S/C23H48N2O2S/c1-4-7-8-9-10-11-12-13-14-15-21-28-22-17-20-27-23(26)24-18-16-19-25(5-2)6-3/h4-22H2,1-3H3,(H,24,26). The summed E-state index contributed by atoms with van der Waals surface area (Å²) in [6, 6.07) is 0. The van der Waals surface area contributed by atoms with Gasteiger partial charge in [0, 0.05) is 6.54 Å². The minimum atomic E-state index is -0.265. The van der Waals surface area contributed by atoms with Crippen LogP contribution in [0.1, 0.15) is 97.8 Å². The molecule has 0 saturated carbocycles. The van der Waals surface area contributed by atoms with Gasteiger partial charge in [0.05, 0.1) is 6.61 Å². The van der Waals surface area contributed by atoms with Gasteiger partial charge in [0.2, 0.25) is 0 Å². The summed E-state index contributed by atoms with van der Waals surface area (Å²) in [5.41, 5.74) is 0. The molecule has 1 N–H and O–H groups in total. The molecule has 0 aromatic carbocycles. The largest absolute Gasteiger partial charge is 0.450 e. The van der Waals surface area contributed by atoms with E-state index in [4.69, 9.17) is 4.74 Å². The predicted octanol–water partition coefficient (Wildman–Crippen LogP) is 6.49. The first-order chi connectivity index (χ1) is 13.7. The lowest BCUT2D eigenvalue weighted by atomic mass is 10.1. The molecule has 0 radical (unpaired) electrons. The van der Waals surface area contributed by atoms with Crippen LogP contribution in [0.15, 0.2) is 0 Å². The lowest BCUT2D eigenvalue weighted by molar-refractivity contribution is 0.146. The fraction of sp³-hybridized carbons (Fsp3) is 0.957. The van der Waals surface area contributed by atoms with Gasteiger partial charge in [0.1, 0.15) is 0 Å². The molecule has 0 atom stereocenters. The highest BCUT2D eigenvalue weighted by Gasteiger charge is 2.02. The van der Waals surface area contributed by atoms with Crippen LogP contribution >= 0.6 is 11.8 Å². The van der Waals surface area contributed by atoms with Gasteiger partial charge < -0.3 is 15.0 Å². The summed E-state index contributed by atoms with van der Waals surface area (Å²) in [7, 11) is 0. The third-order valence-electron chi connectivity index (χ3n) is 5.12. The second kappa shape index (κ2) is 22.9. The van der Waals surface area contributed by atoms with E-state index in [1.54, 1.807) is 0 Å². The van der Waals surface area contributed by atoms with Crippen LogP contribution < -0.4 is 5.32 Å². The molecular weight excluding hydrogens is 368 g/mol. The zero-order valence-electron chi connectivity index (χ0n) is 19.1. The first kappa shape index (κ1) is 27.6. The third-order valence-corrected chi connectivity index (χ3v) is 6.28. The zero-order valence-corrected chi connectivity index (χ0v) is 19.9. The molecule has 0 aromatic heterocycles. The Bertz CT molecular complexity index is 326. The van der Waals surface area contributed by atoms with Gasteiger partial charge in [-0.1, -0.05) is 78.6 Å². The number of unbranched alkanes of at least 4 members (excludes halogenated alkanes) is 9. The summed E-state index contributed by atoms with van der Waals surface area (Å²) in [6.07, 6.45) is 15.6. The zero-order chi connectivity index (χ0) is 20.7. The van der Waals surface area contributed by atoms with E-state index in [0.29, 0.717) is 13.2 Å². The third kappa shape index (κ3) is 20.3. The quantitative estimate of drug-likeness (QED) is 0.217. The molecule has 0 rings (SSSR count). The Hall–Kier alpha value is -0.420. The highest BCUT2D eigenvalue weighted by atomic mass is 32.2. The van der Waals surface area contributed by atoms with Gasteiger partial charge in [-0.2, -0.15) is 11.8 Å². The van der Waals surface area contributed by atoms with E-state index in [-0.39, 0.29) is 6.09 Å². The number of amides is 1. The number of nitrogens with zero attached hydrogens (tertiary/aromatic N) is 1. The van der Waals surface area contributed by atoms with Gasteiger partial charge in [-0.25, -0.2) is 4.79 Å². The molecule has 5 heteroatoms. The maximum absolute atomic E-state index is 11.6. The molecule has 0 saturated heterocycles. The van der Waals surface area contributed by atoms with Crippen LogP contribution in [0.4, 0.5) is 4.79 Å². The summed E-state index contributed by atoms with van der Waals surface area (Å²) < 4.78 is 5.23. The highest BCUT2D eigenvalue weighted by molar-refractivity contribution is 7.99. The Morgan fingerprint density at radius 1 is 0.786 bits per heavy atom. The molecule has 0 aromatic rings. The number of carbonyl (C=O) groups is 1. The molecule has 0 fully saturated rings. The molecule has 0 aliphatic heterocycles. The molecule has 28 heavy (non-hydrogen) atoms. The molecule has 168 valence electrons. The Kier molecular flexibility index (Phi) is 22.5. The summed E-state index contributed by atoms with van der Waals surface area (Å²) >= 11 is 1.99. The number of alkyl carbamates (subject to hydrolysis) is 1. The minimum Gasteiger partial charge on any atom is -0.450 e. The van der Waals surface area contributed by atoms with Crippen LogP contribution in [0, 0.1) is 0 Å². The Morgan fingerprint density at radius 3 is 1.96 bits per heavy atom.